The lowest BCUT2D eigenvalue weighted by Gasteiger charge is -2.24. The summed E-state index contributed by atoms with van der Waals surface area (Å²) in [5.74, 6) is -8.36. The first-order chi connectivity index (χ1) is 18.2. The van der Waals surface area contributed by atoms with Crippen LogP contribution in [0.3, 0.4) is 0 Å². The van der Waals surface area contributed by atoms with Gasteiger partial charge in [-0.3, -0.25) is 28.8 Å². The van der Waals surface area contributed by atoms with Gasteiger partial charge in [0.25, 0.3) is 0 Å². The number of amides is 4. The Kier molecular flexibility index (Phi) is 12.8. The fourth-order valence-corrected chi connectivity index (χ4v) is 3.28. The third kappa shape index (κ3) is 12.4. The highest BCUT2D eigenvalue weighted by atomic mass is 16.4. The molecule has 11 N–H and O–H groups in total. The van der Waals surface area contributed by atoms with Gasteiger partial charge in [0.1, 0.15) is 23.9 Å². The fourth-order valence-electron chi connectivity index (χ4n) is 3.28. The van der Waals surface area contributed by atoms with Crippen molar-refractivity contribution < 1.29 is 54.0 Å². The lowest BCUT2D eigenvalue weighted by molar-refractivity contribution is -0.144. The van der Waals surface area contributed by atoms with Gasteiger partial charge < -0.3 is 47.8 Å². The minimum Gasteiger partial charge on any atom is -0.508 e. The van der Waals surface area contributed by atoms with Crippen molar-refractivity contribution in [2.24, 2.45) is 11.5 Å². The maximum absolute atomic E-state index is 13.0. The van der Waals surface area contributed by atoms with Gasteiger partial charge in [0.15, 0.2) is 0 Å². The van der Waals surface area contributed by atoms with Crippen molar-refractivity contribution in [3.8, 4) is 5.75 Å². The van der Waals surface area contributed by atoms with Crippen LogP contribution in [0, 0.1) is 0 Å². The summed E-state index contributed by atoms with van der Waals surface area (Å²) in [6.45, 7) is 0. The Hall–Kier alpha value is -4.73. The van der Waals surface area contributed by atoms with Crippen molar-refractivity contribution in [1.29, 1.82) is 0 Å². The van der Waals surface area contributed by atoms with Crippen LogP contribution in [0.1, 0.15) is 37.7 Å². The van der Waals surface area contributed by atoms with Gasteiger partial charge in [0, 0.05) is 12.8 Å². The van der Waals surface area contributed by atoms with E-state index >= 15 is 0 Å². The predicted molar refractivity (Wildman–Crippen MR) is 131 cm³/mol. The van der Waals surface area contributed by atoms with E-state index in [1.165, 1.54) is 24.3 Å². The number of carboxylic acids is 3. The Morgan fingerprint density at radius 1 is 0.718 bits per heavy atom. The van der Waals surface area contributed by atoms with E-state index in [0.29, 0.717) is 5.56 Å². The van der Waals surface area contributed by atoms with Gasteiger partial charge in [0.05, 0.1) is 12.5 Å². The molecule has 0 aliphatic carbocycles. The quantitative estimate of drug-likeness (QED) is 0.0960. The second-order valence-electron chi connectivity index (χ2n) is 8.53. The lowest BCUT2D eigenvalue weighted by Crippen LogP contribution is -2.57. The number of nitrogens with one attached hydrogen (secondary N) is 3. The van der Waals surface area contributed by atoms with Gasteiger partial charge in [-0.25, -0.2) is 4.79 Å². The first kappa shape index (κ1) is 32.3. The van der Waals surface area contributed by atoms with Crippen LogP contribution in [0.4, 0.5) is 0 Å². The highest BCUT2D eigenvalue weighted by molar-refractivity contribution is 5.95. The number of hydrogen-bond acceptors (Lipinski definition) is 9. The Bertz CT molecular complexity index is 1080. The molecule has 16 nitrogen and oxygen atoms in total. The fraction of sp³-hybridized carbons (Fsp3) is 0.435. The van der Waals surface area contributed by atoms with Gasteiger partial charge in [-0.2, -0.15) is 0 Å². The largest absolute Gasteiger partial charge is 0.508 e. The van der Waals surface area contributed by atoms with Crippen LogP contribution in [0.15, 0.2) is 24.3 Å². The third-order valence-corrected chi connectivity index (χ3v) is 5.31. The molecule has 0 saturated heterocycles. The molecular formula is C23H31N5O11. The molecule has 0 bridgehead atoms. The summed E-state index contributed by atoms with van der Waals surface area (Å²) in [5.41, 5.74) is 11.5. The van der Waals surface area contributed by atoms with Gasteiger partial charge in [-0.15, -0.1) is 0 Å². The normalized spacial score (nSPS) is 13.7. The number of primary amides is 1. The molecule has 1 aromatic rings. The molecule has 16 heteroatoms. The summed E-state index contributed by atoms with van der Waals surface area (Å²) in [7, 11) is 0. The van der Waals surface area contributed by atoms with Crippen molar-refractivity contribution in [3.05, 3.63) is 29.8 Å². The molecule has 0 saturated carbocycles. The number of carbonyl (C=O) groups is 7. The van der Waals surface area contributed by atoms with Gasteiger partial charge in [-0.1, -0.05) is 12.1 Å². The monoisotopic (exact) mass is 553 g/mol. The van der Waals surface area contributed by atoms with Crippen LogP contribution in [0.25, 0.3) is 0 Å². The number of carbonyl (C=O) groups excluding carboxylic acids is 4. The van der Waals surface area contributed by atoms with E-state index in [4.69, 9.17) is 21.7 Å². The van der Waals surface area contributed by atoms with Gasteiger partial charge in [-0.05, 0) is 37.0 Å². The summed E-state index contributed by atoms with van der Waals surface area (Å²) in [5, 5.41) is 43.1. The van der Waals surface area contributed by atoms with Gasteiger partial charge >= 0.3 is 17.9 Å². The Labute approximate surface area is 221 Å². The van der Waals surface area contributed by atoms with Gasteiger partial charge in [0.2, 0.25) is 23.6 Å². The molecule has 39 heavy (non-hydrogen) atoms. The molecule has 4 amide bonds. The molecular weight excluding hydrogens is 522 g/mol. The van der Waals surface area contributed by atoms with E-state index < -0.39 is 97.8 Å². The van der Waals surface area contributed by atoms with Crippen LogP contribution >= 0.6 is 0 Å². The van der Waals surface area contributed by atoms with Crippen LogP contribution in [-0.2, 0) is 40.0 Å². The van der Waals surface area contributed by atoms with Crippen molar-refractivity contribution in [3.63, 3.8) is 0 Å². The Morgan fingerprint density at radius 2 is 1.15 bits per heavy atom. The van der Waals surface area contributed by atoms with Crippen molar-refractivity contribution in [1.82, 2.24) is 16.0 Å². The van der Waals surface area contributed by atoms with Crippen LogP contribution in [0.2, 0.25) is 0 Å². The van der Waals surface area contributed by atoms with Crippen molar-refractivity contribution in [2.75, 3.05) is 0 Å². The summed E-state index contributed by atoms with van der Waals surface area (Å²) in [6, 6.07) is -0.297. The zero-order valence-electron chi connectivity index (χ0n) is 20.7. The van der Waals surface area contributed by atoms with Crippen LogP contribution in [0.5, 0.6) is 5.75 Å². The number of carboxylic acid groups (broad SMARTS) is 3. The second-order valence-corrected chi connectivity index (χ2v) is 8.53. The zero-order valence-corrected chi connectivity index (χ0v) is 20.7. The molecule has 0 unspecified atom stereocenters. The standard InChI is InChI=1S/C23H31N5O11/c24-13(9-11-1-3-12(29)4-2-11)20(35)26-14(5-7-18(31)32)21(36)27-15(6-8-19(33)34)22(37)28-16(23(38)39)10-17(25)30/h1-4,13-16,29H,5-10,24H2,(H2,25,30)(H,26,35)(H,27,36)(H,28,37)(H,31,32)(H,33,34)(H,38,39)/t13-,14-,15-,16-/m0/s1. The molecule has 0 aromatic heterocycles. The molecule has 0 heterocycles. The molecule has 0 radical (unpaired) electrons. The maximum atomic E-state index is 13.0. The summed E-state index contributed by atoms with van der Waals surface area (Å²) in [6.07, 6.45) is -2.91. The minimum absolute atomic E-state index is 0.000530. The van der Waals surface area contributed by atoms with E-state index in [0.717, 1.165) is 0 Å². The van der Waals surface area contributed by atoms with Crippen LogP contribution < -0.4 is 27.4 Å². The lowest BCUT2D eigenvalue weighted by atomic mass is 10.0. The number of nitrogens with two attached hydrogens (primary N) is 2. The number of hydrogen-bond donors (Lipinski definition) is 9. The first-order valence-corrected chi connectivity index (χ1v) is 11.6. The zero-order chi connectivity index (χ0) is 29.7. The van der Waals surface area contributed by atoms with Crippen LogP contribution in [-0.4, -0.2) is 86.1 Å². The molecule has 1 rings (SSSR count). The number of rotatable bonds is 17. The van der Waals surface area contributed by atoms with E-state index in [2.05, 4.69) is 10.6 Å². The smallest absolute Gasteiger partial charge is 0.326 e. The highest BCUT2D eigenvalue weighted by Crippen LogP contribution is 2.11. The van der Waals surface area contributed by atoms with Crippen molar-refractivity contribution in [2.45, 2.75) is 62.7 Å². The molecule has 4 atom stereocenters. The van der Waals surface area contributed by atoms with E-state index in [9.17, 15) is 43.8 Å². The highest BCUT2D eigenvalue weighted by Gasteiger charge is 2.31. The SMILES string of the molecule is NC(=O)C[C@H](NC(=O)[C@H](CCC(=O)O)NC(=O)[C@H](CCC(=O)O)NC(=O)[C@@H](N)Cc1ccc(O)cc1)C(=O)O. The van der Waals surface area contributed by atoms with E-state index in [1.807, 2.05) is 5.32 Å². The molecule has 1 aromatic carbocycles. The summed E-state index contributed by atoms with van der Waals surface area (Å²) in [4.78, 5) is 82.9. The average Bonchev–Trinajstić information content (AvgIpc) is 2.84. The number of aromatic hydroxyl groups is 1. The summed E-state index contributed by atoms with van der Waals surface area (Å²) >= 11 is 0. The molecule has 0 fully saturated rings. The predicted octanol–water partition coefficient (Wildman–Crippen LogP) is -2.59. The first-order valence-electron chi connectivity index (χ1n) is 11.6. The van der Waals surface area contributed by atoms with E-state index in [1.54, 1.807) is 0 Å². The number of benzene rings is 1. The molecule has 0 aliphatic heterocycles. The number of phenols is 1. The molecule has 0 aliphatic rings. The topological polar surface area (TPSA) is 289 Å². The maximum Gasteiger partial charge on any atom is 0.326 e. The summed E-state index contributed by atoms with van der Waals surface area (Å²) < 4.78 is 0. The Balaban J connectivity index is 3.04. The van der Waals surface area contributed by atoms with Crippen molar-refractivity contribution >= 4 is 41.5 Å². The minimum atomic E-state index is -1.76. The molecule has 0 spiro atoms. The number of phenolic OH excluding ortho intramolecular Hbond substituents is 1. The Morgan fingerprint density at radius 3 is 1.56 bits per heavy atom. The molecule has 214 valence electrons. The van der Waals surface area contributed by atoms with E-state index in [-0.39, 0.29) is 12.2 Å². The second kappa shape index (κ2) is 15.5. The third-order valence-electron chi connectivity index (χ3n) is 5.31. The average molecular weight is 554 g/mol. The number of aliphatic carboxylic acids is 3.